The Labute approximate surface area is 195 Å². The Balaban J connectivity index is 1.34. The molecule has 0 bridgehead atoms. The molecule has 3 amide bonds. The fourth-order valence-electron chi connectivity index (χ4n) is 4.97. The molecule has 0 atom stereocenters. The lowest BCUT2D eigenvalue weighted by molar-refractivity contribution is -0.137. The van der Waals surface area contributed by atoms with Crippen molar-refractivity contribution in [2.45, 2.75) is 38.5 Å². The van der Waals surface area contributed by atoms with Crippen LogP contribution < -0.4 is 15.5 Å². The van der Waals surface area contributed by atoms with Gasteiger partial charge in [-0.05, 0) is 50.3 Å². The molecule has 2 N–H and O–H groups in total. The first kappa shape index (κ1) is 22.2. The first-order chi connectivity index (χ1) is 16.1. The van der Waals surface area contributed by atoms with Crippen LogP contribution in [-0.4, -0.2) is 79.9 Å². The van der Waals surface area contributed by atoms with Crippen molar-refractivity contribution in [3.63, 3.8) is 0 Å². The van der Waals surface area contributed by atoms with E-state index < -0.39 is 0 Å². The van der Waals surface area contributed by atoms with Gasteiger partial charge in [-0.15, -0.1) is 0 Å². The Bertz CT molecular complexity index is 905. The zero-order valence-corrected chi connectivity index (χ0v) is 19.4. The number of hydrogen-bond donors (Lipinski definition) is 2. The second-order valence-corrected chi connectivity index (χ2v) is 9.83. The summed E-state index contributed by atoms with van der Waals surface area (Å²) in [4.78, 5) is 44.6. The highest BCUT2D eigenvalue weighted by molar-refractivity contribution is 6.01. The summed E-state index contributed by atoms with van der Waals surface area (Å²) in [6, 6.07) is 5.71. The zero-order valence-electron chi connectivity index (χ0n) is 19.4. The van der Waals surface area contributed by atoms with Crippen molar-refractivity contribution >= 4 is 29.1 Å². The van der Waals surface area contributed by atoms with Gasteiger partial charge >= 0.3 is 0 Å². The molecule has 8 nitrogen and oxygen atoms in total. The Hall–Kier alpha value is -2.61. The van der Waals surface area contributed by atoms with Gasteiger partial charge in [0.2, 0.25) is 11.8 Å². The average Bonchev–Trinajstić information content (AvgIpc) is 3.65. The molecule has 4 fully saturated rings. The number of rotatable bonds is 5. The lowest BCUT2D eigenvalue weighted by Crippen LogP contribution is -2.46. The van der Waals surface area contributed by atoms with Crippen molar-refractivity contribution in [1.82, 2.24) is 15.1 Å². The van der Waals surface area contributed by atoms with Gasteiger partial charge in [-0.25, -0.2) is 0 Å². The minimum Gasteiger partial charge on any atom is -0.368 e. The molecule has 2 aliphatic carbocycles. The quantitative estimate of drug-likeness (QED) is 0.712. The molecule has 1 aromatic carbocycles. The van der Waals surface area contributed by atoms with Crippen LogP contribution in [0, 0.1) is 11.8 Å². The summed E-state index contributed by atoms with van der Waals surface area (Å²) in [6.45, 7) is 6.05. The topological polar surface area (TPSA) is 85.0 Å². The van der Waals surface area contributed by atoms with Crippen molar-refractivity contribution in [2.24, 2.45) is 11.8 Å². The number of nitrogens with zero attached hydrogens (tertiary/aromatic N) is 3. The van der Waals surface area contributed by atoms with E-state index in [0.717, 1.165) is 70.5 Å². The number of carbonyl (C=O) groups excluding carboxylic acids is 3. The van der Waals surface area contributed by atoms with E-state index in [0.29, 0.717) is 36.8 Å². The van der Waals surface area contributed by atoms with Crippen LogP contribution >= 0.6 is 0 Å². The Morgan fingerprint density at radius 1 is 0.818 bits per heavy atom. The third-order valence-electron chi connectivity index (χ3n) is 7.46. The van der Waals surface area contributed by atoms with Crippen molar-refractivity contribution in [1.29, 1.82) is 0 Å². The van der Waals surface area contributed by atoms with Crippen LogP contribution in [0.1, 0.15) is 48.9 Å². The van der Waals surface area contributed by atoms with Crippen LogP contribution in [0.2, 0.25) is 0 Å². The fraction of sp³-hybridized carbons (Fsp3) is 0.640. The van der Waals surface area contributed by atoms with Crippen LogP contribution in [0.3, 0.4) is 0 Å². The Kier molecular flexibility index (Phi) is 6.53. The van der Waals surface area contributed by atoms with Gasteiger partial charge in [0.15, 0.2) is 0 Å². The highest BCUT2D eigenvalue weighted by Gasteiger charge is 2.32. The van der Waals surface area contributed by atoms with Crippen molar-refractivity contribution in [2.75, 3.05) is 62.6 Å². The van der Waals surface area contributed by atoms with Gasteiger partial charge < -0.3 is 25.3 Å². The lowest BCUT2D eigenvalue weighted by atomic mass is 9.84. The van der Waals surface area contributed by atoms with Crippen LogP contribution in [-0.2, 0) is 9.59 Å². The smallest absolute Gasteiger partial charge is 0.254 e. The second kappa shape index (κ2) is 9.71. The van der Waals surface area contributed by atoms with E-state index in [1.165, 1.54) is 6.42 Å². The predicted molar refractivity (Wildman–Crippen MR) is 127 cm³/mol. The van der Waals surface area contributed by atoms with Gasteiger partial charge in [0, 0.05) is 69.8 Å². The van der Waals surface area contributed by atoms with Gasteiger partial charge in [0.25, 0.3) is 5.91 Å². The van der Waals surface area contributed by atoms with Gasteiger partial charge in [-0.3, -0.25) is 14.4 Å². The zero-order chi connectivity index (χ0) is 22.8. The van der Waals surface area contributed by atoms with Gasteiger partial charge in [-0.2, -0.15) is 0 Å². The number of carbonyl (C=O) groups is 3. The molecule has 0 unspecified atom stereocenters. The van der Waals surface area contributed by atoms with E-state index in [4.69, 9.17) is 0 Å². The van der Waals surface area contributed by atoms with Crippen LogP contribution in [0.15, 0.2) is 18.2 Å². The van der Waals surface area contributed by atoms with E-state index >= 15 is 0 Å². The number of benzene rings is 1. The molecule has 178 valence electrons. The van der Waals surface area contributed by atoms with E-state index in [2.05, 4.69) is 15.5 Å². The first-order valence-corrected chi connectivity index (χ1v) is 12.6. The third kappa shape index (κ3) is 5.00. The van der Waals surface area contributed by atoms with Crippen LogP contribution in [0.4, 0.5) is 11.4 Å². The summed E-state index contributed by atoms with van der Waals surface area (Å²) in [7, 11) is 0. The number of nitrogens with one attached hydrogen (secondary N) is 2. The average molecular weight is 454 g/mol. The van der Waals surface area contributed by atoms with E-state index in [-0.39, 0.29) is 23.7 Å². The molecule has 4 aliphatic rings. The van der Waals surface area contributed by atoms with Crippen molar-refractivity contribution in [3.05, 3.63) is 23.8 Å². The second-order valence-electron chi connectivity index (χ2n) is 9.83. The lowest BCUT2D eigenvalue weighted by Gasteiger charge is -2.31. The van der Waals surface area contributed by atoms with Gasteiger partial charge in [-0.1, -0.05) is 6.42 Å². The normalized spacial score (nSPS) is 21.9. The predicted octanol–water partition coefficient (Wildman–Crippen LogP) is 1.92. The number of hydrogen-bond acceptors (Lipinski definition) is 5. The summed E-state index contributed by atoms with van der Waals surface area (Å²) in [6.07, 6.45) is 5.98. The minimum atomic E-state index is 0.0121. The number of amides is 3. The Morgan fingerprint density at radius 3 is 2.30 bits per heavy atom. The number of anilines is 2. The highest BCUT2D eigenvalue weighted by Crippen LogP contribution is 2.34. The molecule has 2 heterocycles. The SMILES string of the molecule is O=C(Nc1cc(C(=O)N2CCNCC2)ccc1N1CCCN(C(=O)C2CCC2)CC1)C1CC1. The number of piperazine rings is 1. The standard InChI is InChI=1S/C25H35N5O3/c31-23(18-5-6-18)27-21-17-20(25(33)30-13-9-26-10-14-30)7-8-22(21)28-11-2-12-29(16-15-28)24(32)19-3-1-4-19/h7-8,17-19,26H,1-6,9-16H2,(H,27,31). The summed E-state index contributed by atoms with van der Waals surface area (Å²) in [5.41, 5.74) is 2.27. The molecule has 8 heteroatoms. The fourth-order valence-corrected chi connectivity index (χ4v) is 4.97. The van der Waals surface area contributed by atoms with Gasteiger partial charge in [0.1, 0.15) is 0 Å². The maximum atomic E-state index is 13.1. The molecule has 0 aromatic heterocycles. The van der Waals surface area contributed by atoms with E-state index in [9.17, 15) is 14.4 Å². The molecule has 1 aromatic rings. The largest absolute Gasteiger partial charge is 0.368 e. The molecular formula is C25H35N5O3. The van der Waals surface area contributed by atoms with Crippen LogP contribution in [0.5, 0.6) is 0 Å². The maximum absolute atomic E-state index is 13.1. The monoisotopic (exact) mass is 453 g/mol. The van der Waals surface area contributed by atoms with E-state index in [1.807, 2.05) is 28.0 Å². The minimum absolute atomic E-state index is 0.0121. The summed E-state index contributed by atoms with van der Waals surface area (Å²) < 4.78 is 0. The molecule has 0 radical (unpaired) electrons. The summed E-state index contributed by atoms with van der Waals surface area (Å²) in [5, 5.41) is 6.39. The molecule has 2 aliphatic heterocycles. The maximum Gasteiger partial charge on any atom is 0.254 e. The highest BCUT2D eigenvalue weighted by atomic mass is 16.2. The molecule has 2 saturated heterocycles. The summed E-state index contributed by atoms with van der Waals surface area (Å²) >= 11 is 0. The first-order valence-electron chi connectivity index (χ1n) is 12.6. The van der Waals surface area contributed by atoms with Crippen molar-refractivity contribution < 1.29 is 14.4 Å². The summed E-state index contributed by atoms with van der Waals surface area (Å²) in [5.74, 6) is 0.672. The molecule has 2 saturated carbocycles. The van der Waals surface area contributed by atoms with Crippen molar-refractivity contribution in [3.8, 4) is 0 Å². The third-order valence-corrected chi connectivity index (χ3v) is 7.46. The van der Waals surface area contributed by atoms with Gasteiger partial charge in [0.05, 0.1) is 11.4 Å². The molecular weight excluding hydrogens is 418 g/mol. The molecule has 5 rings (SSSR count). The molecule has 33 heavy (non-hydrogen) atoms. The Morgan fingerprint density at radius 2 is 1.61 bits per heavy atom. The molecule has 0 spiro atoms. The van der Waals surface area contributed by atoms with Crippen LogP contribution in [0.25, 0.3) is 0 Å². The van der Waals surface area contributed by atoms with E-state index in [1.54, 1.807) is 0 Å².